The molecule has 0 unspecified atom stereocenters. The zero-order valence-corrected chi connectivity index (χ0v) is 20.0. The van der Waals surface area contributed by atoms with Gasteiger partial charge in [0, 0.05) is 62.8 Å². The Labute approximate surface area is 179 Å². The van der Waals surface area contributed by atoms with Crippen LogP contribution in [0.1, 0.15) is 67.2 Å². The van der Waals surface area contributed by atoms with E-state index in [1.165, 1.54) is 45.6 Å². The Morgan fingerprint density at radius 2 is 1.17 bits per heavy atom. The Morgan fingerprint density at radius 1 is 0.690 bits per heavy atom. The molecular weight excluding hydrogens is 360 g/mol. The maximum Gasteiger partial charge on any atom is 0.225 e. The summed E-state index contributed by atoms with van der Waals surface area (Å²) in [4.78, 5) is 23.0. The van der Waals surface area contributed by atoms with Gasteiger partial charge in [-0.15, -0.1) is 0 Å². The number of nitrogens with zero attached hydrogens (tertiary/aromatic N) is 4. The lowest BCUT2D eigenvalue weighted by atomic mass is 9.90. The average Bonchev–Trinajstić information content (AvgIpc) is 2.67. The molecule has 0 saturated carbocycles. The van der Waals surface area contributed by atoms with E-state index in [4.69, 9.17) is 0 Å². The van der Waals surface area contributed by atoms with Crippen LogP contribution in [0.4, 0.5) is 0 Å². The zero-order valence-electron chi connectivity index (χ0n) is 20.0. The third kappa shape index (κ3) is 6.18. The minimum Gasteiger partial charge on any atom is -0.342 e. The Bertz CT molecular complexity index is 526. The van der Waals surface area contributed by atoms with Gasteiger partial charge in [-0.1, -0.05) is 0 Å². The molecule has 1 amide bonds. The molecular formula is C24H46N4O. The van der Waals surface area contributed by atoms with E-state index >= 15 is 0 Å². The van der Waals surface area contributed by atoms with Gasteiger partial charge in [-0.2, -0.15) is 0 Å². The summed E-state index contributed by atoms with van der Waals surface area (Å²) in [5, 5.41) is 0. The van der Waals surface area contributed by atoms with Crippen molar-refractivity contribution in [3.63, 3.8) is 0 Å². The Hall–Kier alpha value is -0.650. The highest BCUT2D eigenvalue weighted by Crippen LogP contribution is 2.27. The summed E-state index contributed by atoms with van der Waals surface area (Å²) in [6, 6.07) is 0. The van der Waals surface area contributed by atoms with Crippen molar-refractivity contribution in [2.45, 2.75) is 78.3 Å². The highest BCUT2D eigenvalue weighted by Gasteiger charge is 2.34. The summed E-state index contributed by atoms with van der Waals surface area (Å²) in [7, 11) is 0. The first-order valence-electron chi connectivity index (χ1n) is 12.1. The topological polar surface area (TPSA) is 30.0 Å². The second-order valence-corrected chi connectivity index (χ2v) is 11.7. The predicted octanol–water partition coefficient (Wildman–Crippen LogP) is 3.15. The van der Waals surface area contributed by atoms with Crippen LogP contribution in [0.25, 0.3) is 0 Å². The molecule has 5 heteroatoms. The summed E-state index contributed by atoms with van der Waals surface area (Å²) in [6.45, 7) is 23.9. The summed E-state index contributed by atoms with van der Waals surface area (Å²) >= 11 is 0. The van der Waals surface area contributed by atoms with Gasteiger partial charge in [0.05, 0.1) is 0 Å². The van der Waals surface area contributed by atoms with Gasteiger partial charge in [-0.05, 0) is 86.2 Å². The molecule has 3 saturated heterocycles. The van der Waals surface area contributed by atoms with Gasteiger partial charge in [0.15, 0.2) is 0 Å². The fraction of sp³-hybridized carbons (Fsp3) is 0.958. The minimum absolute atomic E-state index is 0.227. The van der Waals surface area contributed by atoms with E-state index in [-0.39, 0.29) is 11.5 Å². The molecule has 3 rings (SSSR count). The third-order valence-corrected chi connectivity index (χ3v) is 7.56. The number of hydrogen-bond acceptors (Lipinski definition) is 4. The average molecular weight is 407 g/mol. The van der Waals surface area contributed by atoms with Crippen LogP contribution in [0.3, 0.4) is 0 Å². The number of piperidine rings is 2. The monoisotopic (exact) mass is 406 g/mol. The van der Waals surface area contributed by atoms with Crippen molar-refractivity contribution in [3.8, 4) is 0 Å². The second-order valence-electron chi connectivity index (χ2n) is 11.7. The van der Waals surface area contributed by atoms with Crippen LogP contribution in [-0.2, 0) is 4.79 Å². The van der Waals surface area contributed by atoms with Crippen LogP contribution in [0.15, 0.2) is 0 Å². The number of carbonyl (C=O) groups excluding carboxylic acids is 1. The largest absolute Gasteiger partial charge is 0.342 e. The lowest BCUT2D eigenvalue weighted by Gasteiger charge is -2.44. The van der Waals surface area contributed by atoms with Crippen LogP contribution < -0.4 is 0 Å². The van der Waals surface area contributed by atoms with Gasteiger partial charge < -0.3 is 9.80 Å². The molecule has 29 heavy (non-hydrogen) atoms. The number of rotatable bonds is 3. The molecule has 3 aliphatic heterocycles. The van der Waals surface area contributed by atoms with E-state index in [1.807, 2.05) is 0 Å². The minimum atomic E-state index is 0.227. The Balaban J connectivity index is 1.37. The van der Waals surface area contributed by atoms with Crippen LogP contribution in [0.2, 0.25) is 0 Å². The Kier molecular flexibility index (Phi) is 7.33. The molecule has 168 valence electrons. The Morgan fingerprint density at radius 3 is 1.66 bits per heavy atom. The van der Waals surface area contributed by atoms with Gasteiger partial charge in [0.2, 0.25) is 5.91 Å². The smallest absolute Gasteiger partial charge is 0.225 e. The third-order valence-electron chi connectivity index (χ3n) is 7.56. The number of amides is 1. The maximum absolute atomic E-state index is 13.0. The molecule has 0 N–H and O–H groups in total. The van der Waals surface area contributed by atoms with Crippen molar-refractivity contribution in [2.75, 3.05) is 58.9 Å². The van der Waals surface area contributed by atoms with Gasteiger partial charge in [-0.25, -0.2) is 0 Å². The molecule has 0 atom stereocenters. The predicted molar refractivity (Wildman–Crippen MR) is 121 cm³/mol. The van der Waals surface area contributed by atoms with Crippen LogP contribution in [-0.4, -0.2) is 95.5 Å². The molecule has 5 nitrogen and oxygen atoms in total. The van der Waals surface area contributed by atoms with E-state index in [0.717, 1.165) is 44.9 Å². The molecule has 0 bridgehead atoms. The lowest BCUT2D eigenvalue weighted by molar-refractivity contribution is -0.139. The molecule has 3 fully saturated rings. The van der Waals surface area contributed by atoms with Gasteiger partial charge in [0.1, 0.15) is 0 Å². The molecule has 0 aromatic heterocycles. The normalized spacial score (nSPS) is 25.5. The molecule has 3 heterocycles. The first-order chi connectivity index (χ1) is 13.5. The lowest BCUT2D eigenvalue weighted by Crippen LogP contribution is -2.54. The SMILES string of the molecule is CC(C)(C)N1CCC(C(=O)N2CCC(CN3CCN(C(C)(C)C)CC3)CC2)CC1. The molecule has 0 aromatic carbocycles. The van der Waals surface area contributed by atoms with Crippen molar-refractivity contribution in [2.24, 2.45) is 11.8 Å². The quantitative estimate of drug-likeness (QED) is 0.720. The maximum atomic E-state index is 13.0. The highest BCUT2D eigenvalue weighted by atomic mass is 16.2. The molecule has 0 aliphatic carbocycles. The fourth-order valence-electron chi connectivity index (χ4n) is 5.36. The highest BCUT2D eigenvalue weighted by molar-refractivity contribution is 5.79. The molecule has 0 spiro atoms. The number of carbonyl (C=O) groups is 1. The van der Waals surface area contributed by atoms with Crippen LogP contribution in [0, 0.1) is 11.8 Å². The van der Waals surface area contributed by atoms with Crippen molar-refractivity contribution in [1.82, 2.24) is 19.6 Å². The summed E-state index contributed by atoms with van der Waals surface area (Å²) < 4.78 is 0. The first kappa shape index (κ1) is 23.0. The van der Waals surface area contributed by atoms with Crippen molar-refractivity contribution in [1.29, 1.82) is 0 Å². The van der Waals surface area contributed by atoms with Crippen molar-refractivity contribution in [3.05, 3.63) is 0 Å². The van der Waals surface area contributed by atoms with E-state index in [1.54, 1.807) is 0 Å². The van der Waals surface area contributed by atoms with Crippen molar-refractivity contribution >= 4 is 5.91 Å². The van der Waals surface area contributed by atoms with Crippen LogP contribution >= 0.6 is 0 Å². The van der Waals surface area contributed by atoms with Gasteiger partial charge in [-0.3, -0.25) is 14.6 Å². The summed E-state index contributed by atoms with van der Waals surface area (Å²) in [6.07, 6.45) is 4.44. The first-order valence-corrected chi connectivity index (χ1v) is 12.1. The van der Waals surface area contributed by atoms with Gasteiger partial charge in [0.25, 0.3) is 0 Å². The van der Waals surface area contributed by atoms with E-state index < -0.39 is 0 Å². The molecule has 0 aromatic rings. The fourth-order valence-corrected chi connectivity index (χ4v) is 5.36. The summed E-state index contributed by atoms with van der Waals surface area (Å²) in [5.41, 5.74) is 0.519. The van der Waals surface area contributed by atoms with Crippen molar-refractivity contribution < 1.29 is 4.79 Å². The number of hydrogen-bond donors (Lipinski definition) is 0. The summed E-state index contributed by atoms with van der Waals surface area (Å²) in [5.74, 6) is 1.47. The zero-order chi connectivity index (χ0) is 21.2. The van der Waals surface area contributed by atoms with Gasteiger partial charge >= 0.3 is 0 Å². The number of piperazine rings is 1. The van der Waals surface area contributed by atoms with E-state index in [2.05, 4.69) is 61.1 Å². The standard InChI is InChI=1S/C24H46N4O/c1-23(2,3)27-13-9-21(10-14-27)22(29)26-11-7-20(8-12-26)19-25-15-17-28(18-16-25)24(4,5)6/h20-21H,7-19H2,1-6H3. The van der Waals surface area contributed by atoms with Crippen LogP contribution in [0.5, 0.6) is 0 Å². The molecule has 3 aliphatic rings. The second kappa shape index (κ2) is 9.23. The van der Waals surface area contributed by atoms with E-state index in [0.29, 0.717) is 11.4 Å². The molecule has 0 radical (unpaired) electrons. The number of likely N-dealkylation sites (tertiary alicyclic amines) is 2. The van der Waals surface area contributed by atoms with E-state index in [9.17, 15) is 4.79 Å².